The van der Waals surface area contributed by atoms with Gasteiger partial charge in [-0.2, -0.15) is 0 Å². The summed E-state index contributed by atoms with van der Waals surface area (Å²) in [7, 11) is 0. The molecule has 1 aliphatic heterocycles. The Morgan fingerprint density at radius 2 is 1.62 bits per heavy atom. The number of carbonyl (C=O) groups excluding carboxylic acids is 1. The van der Waals surface area contributed by atoms with Gasteiger partial charge in [0.25, 0.3) is 5.91 Å². The SMILES string of the molecule is O=C([C@H](c1ccccc1)n1nnc(-c2ccccc2)n1)N1CCOCC1. The fourth-order valence-corrected chi connectivity index (χ4v) is 3.00. The monoisotopic (exact) mass is 349 g/mol. The first-order valence-electron chi connectivity index (χ1n) is 8.59. The van der Waals surface area contributed by atoms with Gasteiger partial charge < -0.3 is 9.64 Å². The highest BCUT2D eigenvalue weighted by Gasteiger charge is 2.30. The maximum atomic E-state index is 13.2. The minimum Gasteiger partial charge on any atom is -0.378 e. The molecule has 0 spiro atoms. The molecule has 0 bridgehead atoms. The lowest BCUT2D eigenvalue weighted by molar-refractivity contribution is -0.138. The quantitative estimate of drug-likeness (QED) is 0.718. The van der Waals surface area contributed by atoms with Crippen molar-refractivity contribution in [3.05, 3.63) is 66.2 Å². The van der Waals surface area contributed by atoms with Gasteiger partial charge in [0.2, 0.25) is 5.82 Å². The van der Waals surface area contributed by atoms with Crippen molar-refractivity contribution in [2.45, 2.75) is 6.04 Å². The van der Waals surface area contributed by atoms with Crippen LogP contribution in [0.4, 0.5) is 0 Å². The summed E-state index contributed by atoms with van der Waals surface area (Å²) in [5.74, 6) is 0.456. The minimum absolute atomic E-state index is 0.0449. The number of aromatic nitrogens is 4. The summed E-state index contributed by atoms with van der Waals surface area (Å²) in [6.45, 7) is 2.24. The number of ether oxygens (including phenoxy) is 1. The number of carbonyl (C=O) groups is 1. The summed E-state index contributed by atoms with van der Waals surface area (Å²) >= 11 is 0. The summed E-state index contributed by atoms with van der Waals surface area (Å²) in [6.07, 6.45) is 0. The first-order valence-corrected chi connectivity index (χ1v) is 8.59. The normalized spacial score (nSPS) is 15.6. The molecule has 1 fully saturated rings. The van der Waals surface area contributed by atoms with E-state index in [0.29, 0.717) is 32.1 Å². The van der Waals surface area contributed by atoms with E-state index < -0.39 is 6.04 Å². The van der Waals surface area contributed by atoms with Crippen molar-refractivity contribution in [3.8, 4) is 11.4 Å². The largest absolute Gasteiger partial charge is 0.378 e. The van der Waals surface area contributed by atoms with Crippen molar-refractivity contribution in [2.75, 3.05) is 26.3 Å². The van der Waals surface area contributed by atoms with Crippen LogP contribution >= 0.6 is 0 Å². The number of nitrogens with zero attached hydrogens (tertiary/aromatic N) is 5. The number of amides is 1. The number of benzene rings is 2. The van der Waals surface area contributed by atoms with Crippen LogP contribution in [-0.2, 0) is 9.53 Å². The first kappa shape index (κ1) is 16.4. The Labute approximate surface area is 151 Å². The van der Waals surface area contributed by atoms with Gasteiger partial charge in [0, 0.05) is 18.7 Å². The van der Waals surface area contributed by atoms with Gasteiger partial charge in [-0.3, -0.25) is 4.79 Å². The van der Waals surface area contributed by atoms with Crippen molar-refractivity contribution in [1.29, 1.82) is 0 Å². The van der Waals surface area contributed by atoms with Gasteiger partial charge in [-0.25, -0.2) is 0 Å². The van der Waals surface area contributed by atoms with Crippen molar-refractivity contribution in [3.63, 3.8) is 0 Å². The second kappa shape index (κ2) is 7.45. The second-order valence-corrected chi connectivity index (χ2v) is 6.05. The lowest BCUT2D eigenvalue weighted by atomic mass is 10.1. The summed E-state index contributed by atoms with van der Waals surface area (Å²) in [5, 5.41) is 12.8. The molecule has 26 heavy (non-hydrogen) atoms. The van der Waals surface area contributed by atoms with Crippen molar-refractivity contribution in [1.82, 2.24) is 25.1 Å². The summed E-state index contributed by atoms with van der Waals surface area (Å²) in [6, 6.07) is 18.5. The molecule has 0 radical (unpaired) electrons. The standard InChI is InChI=1S/C19H19N5O2/c25-19(23-11-13-26-14-12-23)17(15-7-3-1-4-8-15)24-21-18(20-22-24)16-9-5-2-6-10-16/h1-10,17H,11-14H2/t17-/m0/s1. The molecule has 3 aromatic rings. The highest BCUT2D eigenvalue weighted by atomic mass is 16.5. The number of hydrogen-bond donors (Lipinski definition) is 0. The first-order chi connectivity index (χ1) is 12.8. The molecule has 7 heteroatoms. The lowest BCUT2D eigenvalue weighted by Gasteiger charge is -2.30. The molecule has 1 aromatic heterocycles. The topological polar surface area (TPSA) is 73.1 Å². The van der Waals surface area contributed by atoms with Gasteiger partial charge in [-0.15, -0.1) is 15.0 Å². The zero-order chi connectivity index (χ0) is 17.8. The van der Waals surface area contributed by atoms with Gasteiger partial charge in [-0.1, -0.05) is 60.7 Å². The zero-order valence-electron chi connectivity index (χ0n) is 14.2. The van der Waals surface area contributed by atoms with Crippen LogP contribution in [0, 0.1) is 0 Å². The van der Waals surface area contributed by atoms with Crippen LogP contribution < -0.4 is 0 Å². The van der Waals surface area contributed by atoms with Gasteiger partial charge in [0.05, 0.1) is 13.2 Å². The summed E-state index contributed by atoms with van der Waals surface area (Å²) in [5.41, 5.74) is 1.70. The highest BCUT2D eigenvalue weighted by Crippen LogP contribution is 2.21. The second-order valence-electron chi connectivity index (χ2n) is 6.05. The van der Waals surface area contributed by atoms with Gasteiger partial charge >= 0.3 is 0 Å². The molecule has 0 aliphatic carbocycles. The molecule has 1 saturated heterocycles. The van der Waals surface area contributed by atoms with Crippen molar-refractivity contribution in [2.24, 2.45) is 0 Å². The van der Waals surface area contributed by atoms with Crippen molar-refractivity contribution >= 4 is 5.91 Å². The molecule has 0 saturated carbocycles. The van der Waals surface area contributed by atoms with Crippen LogP contribution in [0.3, 0.4) is 0 Å². The molecule has 0 N–H and O–H groups in total. The van der Waals surface area contributed by atoms with E-state index in [9.17, 15) is 4.79 Å². The van der Waals surface area contributed by atoms with E-state index in [-0.39, 0.29) is 5.91 Å². The third-order valence-corrected chi connectivity index (χ3v) is 4.36. The van der Waals surface area contributed by atoms with Crippen LogP contribution in [0.2, 0.25) is 0 Å². The Hall–Kier alpha value is -3.06. The van der Waals surface area contributed by atoms with Crippen LogP contribution in [0.25, 0.3) is 11.4 Å². The zero-order valence-corrected chi connectivity index (χ0v) is 14.2. The average molecular weight is 349 g/mol. The number of tetrazole rings is 1. The fourth-order valence-electron chi connectivity index (χ4n) is 3.00. The van der Waals surface area contributed by atoms with E-state index in [4.69, 9.17) is 4.74 Å². The van der Waals surface area contributed by atoms with E-state index >= 15 is 0 Å². The van der Waals surface area contributed by atoms with Crippen LogP contribution in [0.5, 0.6) is 0 Å². The van der Waals surface area contributed by atoms with Crippen LogP contribution in [0.1, 0.15) is 11.6 Å². The van der Waals surface area contributed by atoms with Gasteiger partial charge in [0.1, 0.15) is 0 Å². The Kier molecular flexibility index (Phi) is 4.70. The van der Waals surface area contributed by atoms with E-state index in [2.05, 4.69) is 15.4 Å². The summed E-state index contributed by atoms with van der Waals surface area (Å²) < 4.78 is 5.36. The summed E-state index contributed by atoms with van der Waals surface area (Å²) in [4.78, 5) is 16.4. The molecule has 2 heterocycles. The Bertz CT molecular complexity index is 860. The Balaban J connectivity index is 1.69. The maximum absolute atomic E-state index is 13.2. The average Bonchev–Trinajstić information content (AvgIpc) is 3.20. The molecule has 2 aromatic carbocycles. The third kappa shape index (κ3) is 3.34. The lowest BCUT2D eigenvalue weighted by Crippen LogP contribution is -2.45. The smallest absolute Gasteiger partial charge is 0.254 e. The number of hydrogen-bond acceptors (Lipinski definition) is 5. The highest BCUT2D eigenvalue weighted by molar-refractivity contribution is 5.83. The molecule has 1 atom stereocenters. The molecule has 1 aliphatic rings. The van der Waals surface area contributed by atoms with E-state index in [1.807, 2.05) is 60.7 Å². The number of rotatable bonds is 4. The fraction of sp³-hybridized carbons (Fsp3) is 0.263. The van der Waals surface area contributed by atoms with E-state index in [0.717, 1.165) is 11.1 Å². The van der Waals surface area contributed by atoms with Crippen LogP contribution in [0.15, 0.2) is 60.7 Å². The molecule has 4 rings (SSSR count). The molecular formula is C19H19N5O2. The predicted molar refractivity (Wildman–Crippen MR) is 95.2 cm³/mol. The molecule has 132 valence electrons. The van der Waals surface area contributed by atoms with Crippen LogP contribution in [-0.4, -0.2) is 57.3 Å². The van der Waals surface area contributed by atoms with Gasteiger partial charge in [-0.05, 0) is 10.8 Å². The maximum Gasteiger partial charge on any atom is 0.254 e. The third-order valence-electron chi connectivity index (χ3n) is 4.36. The minimum atomic E-state index is -0.640. The van der Waals surface area contributed by atoms with Crippen molar-refractivity contribution < 1.29 is 9.53 Å². The van der Waals surface area contributed by atoms with Gasteiger partial charge in [0.15, 0.2) is 6.04 Å². The predicted octanol–water partition coefficient (Wildman–Crippen LogP) is 1.79. The number of morpholine rings is 1. The molecule has 1 amide bonds. The van der Waals surface area contributed by atoms with E-state index in [1.165, 1.54) is 4.80 Å². The molecule has 7 nitrogen and oxygen atoms in total. The Morgan fingerprint density at radius 1 is 0.962 bits per heavy atom. The molecule has 0 unspecified atom stereocenters. The van der Waals surface area contributed by atoms with E-state index in [1.54, 1.807) is 4.90 Å². The Morgan fingerprint density at radius 3 is 2.31 bits per heavy atom. The molecular weight excluding hydrogens is 330 g/mol.